The average molecular weight is 235 g/mol. The van der Waals surface area contributed by atoms with Crippen LogP contribution >= 0.6 is 11.3 Å². The summed E-state index contributed by atoms with van der Waals surface area (Å²) >= 11 is 1.65. The van der Waals surface area contributed by atoms with Gasteiger partial charge in [-0.1, -0.05) is 11.6 Å². The smallest absolute Gasteiger partial charge is 0.131 e. The minimum atomic E-state index is -0.153. The summed E-state index contributed by atoms with van der Waals surface area (Å²) in [6.07, 6.45) is 0. The van der Waals surface area contributed by atoms with Gasteiger partial charge in [0.05, 0.1) is 0 Å². The first-order valence-corrected chi connectivity index (χ1v) is 6.07. The van der Waals surface area contributed by atoms with E-state index in [-0.39, 0.29) is 5.82 Å². The first-order valence-electron chi connectivity index (χ1n) is 5.19. The molecule has 1 heterocycles. The number of nitrogens with one attached hydrogen (secondary N) is 1. The second kappa shape index (κ2) is 4.76. The normalized spacial score (nSPS) is 10.7. The van der Waals surface area contributed by atoms with Crippen LogP contribution in [0, 0.1) is 12.7 Å². The fourth-order valence-electron chi connectivity index (χ4n) is 1.65. The molecule has 16 heavy (non-hydrogen) atoms. The van der Waals surface area contributed by atoms with Gasteiger partial charge in [0.15, 0.2) is 0 Å². The molecule has 0 saturated heterocycles. The molecule has 0 saturated carbocycles. The zero-order valence-corrected chi connectivity index (χ0v) is 10.2. The van der Waals surface area contributed by atoms with Crippen molar-refractivity contribution in [1.82, 2.24) is 5.32 Å². The number of thiophene rings is 1. The Bertz CT molecular complexity index is 490. The minimum absolute atomic E-state index is 0.153. The summed E-state index contributed by atoms with van der Waals surface area (Å²) in [5.41, 5.74) is 2.74. The number of hydrogen-bond donors (Lipinski definition) is 1. The van der Waals surface area contributed by atoms with Gasteiger partial charge in [0.25, 0.3) is 0 Å². The molecule has 0 radical (unpaired) electrons. The molecular formula is C13H14FNS. The Morgan fingerprint density at radius 3 is 2.88 bits per heavy atom. The van der Waals surface area contributed by atoms with Crippen LogP contribution in [0.2, 0.25) is 0 Å². The lowest BCUT2D eigenvalue weighted by Crippen LogP contribution is -2.02. The molecule has 2 aromatic rings. The maximum absolute atomic E-state index is 13.6. The average Bonchev–Trinajstić information content (AvgIpc) is 2.71. The molecule has 0 atom stereocenters. The van der Waals surface area contributed by atoms with Crippen LogP contribution in [0.3, 0.4) is 0 Å². The highest BCUT2D eigenvalue weighted by atomic mass is 32.1. The van der Waals surface area contributed by atoms with Crippen molar-refractivity contribution in [2.24, 2.45) is 0 Å². The van der Waals surface area contributed by atoms with Crippen molar-refractivity contribution in [2.45, 2.75) is 13.5 Å². The number of rotatable bonds is 3. The third-order valence-electron chi connectivity index (χ3n) is 2.44. The SMILES string of the molecule is CNCc1cc(-c2cc(C)ccc2F)cs1. The van der Waals surface area contributed by atoms with E-state index < -0.39 is 0 Å². The maximum atomic E-state index is 13.6. The minimum Gasteiger partial charge on any atom is -0.315 e. The van der Waals surface area contributed by atoms with Crippen LogP contribution < -0.4 is 5.32 Å². The molecule has 2 rings (SSSR count). The van der Waals surface area contributed by atoms with Crippen LogP contribution in [-0.4, -0.2) is 7.05 Å². The summed E-state index contributed by atoms with van der Waals surface area (Å²) in [5.74, 6) is -0.153. The van der Waals surface area contributed by atoms with Crippen LogP contribution in [0.5, 0.6) is 0 Å². The van der Waals surface area contributed by atoms with Crippen LogP contribution in [0.15, 0.2) is 29.6 Å². The van der Waals surface area contributed by atoms with E-state index in [0.29, 0.717) is 5.56 Å². The van der Waals surface area contributed by atoms with Crippen molar-refractivity contribution in [3.63, 3.8) is 0 Å². The van der Waals surface area contributed by atoms with E-state index in [4.69, 9.17) is 0 Å². The third kappa shape index (κ3) is 2.31. The highest BCUT2D eigenvalue weighted by molar-refractivity contribution is 7.10. The van der Waals surface area contributed by atoms with Crippen molar-refractivity contribution >= 4 is 11.3 Å². The molecular weight excluding hydrogens is 221 g/mol. The Morgan fingerprint density at radius 1 is 1.31 bits per heavy atom. The van der Waals surface area contributed by atoms with Crippen molar-refractivity contribution in [3.05, 3.63) is 45.9 Å². The van der Waals surface area contributed by atoms with Gasteiger partial charge < -0.3 is 5.32 Å². The van der Waals surface area contributed by atoms with Gasteiger partial charge in [-0.15, -0.1) is 11.3 Å². The van der Waals surface area contributed by atoms with Crippen LogP contribution in [0.4, 0.5) is 4.39 Å². The Hall–Kier alpha value is -1.19. The van der Waals surface area contributed by atoms with E-state index in [1.165, 1.54) is 10.9 Å². The van der Waals surface area contributed by atoms with Crippen molar-refractivity contribution < 1.29 is 4.39 Å². The van der Waals surface area contributed by atoms with E-state index in [1.807, 2.05) is 31.5 Å². The van der Waals surface area contributed by atoms with E-state index in [1.54, 1.807) is 17.4 Å². The van der Waals surface area contributed by atoms with Crippen LogP contribution in [0.25, 0.3) is 11.1 Å². The molecule has 0 bridgehead atoms. The summed E-state index contributed by atoms with van der Waals surface area (Å²) in [4.78, 5) is 1.22. The number of benzene rings is 1. The molecule has 0 unspecified atom stereocenters. The lowest BCUT2D eigenvalue weighted by Gasteiger charge is -2.01. The van der Waals surface area contributed by atoms with E-state index in [0.717, 1.165) is 17.7 Å². The third-order valence-corrected chi connectivity index (χ3v) is 3.37. The van der Waals surface area contributed by atoms with Gasteiger partial charge in [0.1, 0.15) is 5.82 Å². The quantitative estimate of drug-likeness (QED) is 0.857. The monoisotopic (exact) mass is 235 g/mol. The molecule has 0 aliphatic rings. The largest absolute Gasteiger partial charge is 0.315 e. The maximum Gasteiger partial charge on any atom is 0.131 e. The summed E-state index contributed by atoms with van der Waals surface area (Å²) in [6.45, 7) is 2.81. The fourth-order valence-corrected chi connectivity index (χ4v) is 2.55. The van der Waals surface area contributed by atoms with Gasteiger partial charge >= 0.3 is 0 Å². The van der Waals surface area contributed by atoms with Crippen LogP contribution in [0.1, 0.15) is 10.4 Å². The summed E-state index contributed by atoms with van der Waals surface area (Å²) < 4.78 is 13.6. The summed E-state index contributed by atoms with van der Waals surface area (Å²) in [7, 11) is 1.91. The van der Waals surface area contributed by atoms with E-state index in [2.05, 4.69) is 5.32 Å². The Labute approximate surface area is 98.9 Å². The summed E-state index contributed by atoms with van der Waals surface area (Å²) in [6, 6.07) is 7.25. The van der Waals surface area contributed by atoms with Gasteiger partial charge in [0.2, 0.25) is 0 Å². The predicted octanol–water partition coefficient (Wildman–Crippen LogP) is 3.58. The number of aryl methyl sites for hydroxylation is 1. The molecule has 0 amide bonds. The van der Waals surface area contributed by atoms with Crippen molar-refractivity contribution in [1.29, 1.82) is 0 Å². The second-order valence-corrected chi connectivity index (χ2v) is 4.81. The fraction of sp³-hybridized carbons (Fsp3) is 0.231. The van der Waals surface area contributed by atoms with E-state index >= 15 is 0 Å². The Balaban J connectivity index is 2.38. The molecule has 1 N–H and O–H groups in total. The molecule has 0 aliphatic carbocycles. The lowest BCUT2D eigenvalue weighted by molar-refractivity contribution is 0.631. The zero-order valence-electron chi connectivity index (χ0n) is 9.38. The van der Waals surface area contributed by atoms with Gasteiger partial charge in [-0.2, -0.15) is 0 Å². The second-order valence-electron chi connectivity index (χ2n) is 3.82. The Morgan fingerprint density at radius 2 is 2.12 bits per heavy atom. The highest BCUT2D eigenvalue weighted by Crippen LogP contribution is 2.28. The summed E-state index contributed by atoms with van der Waals surface area (Å²) in [5, 5.41) is 5.10. The predicted molar refractivity (Wildman–Crippen MR) is 67.2 cm³/mol. The lowest BCUT2D eigenvalue weighted by atomic mass is 10.1. The molecule has 1 aromatic carbocycles. The molecule has 3 heteroatoms. The zero-order chi connectivity index (χ0) is 11.5. The van der Waals surface area contributed by atoms with Gasteiger partial charge in [-0.25, -0.2) is 4.39 Å². The highest BCUT2D eigenvalue weighted by Gasteiger charge is 2.07. The standard InChI is InChI=1S/C13H14FNS/c1-9-3-4-13(14)12(5-9)10-6-11(7-15-2)16-8-10/h3-6,8,15H,7H2,1-2H3. The van der Waals surface area contributed by atoms with Crippen LogP contribution in [-0.2, 0) is 6.54 Å². The topological polar surface area (TPSA) is 12.0 Å². The van der Waals surface area contributed by atoms with Crippen molar-refractivity contribution in [2.75, 3.05) is 7.05 Å². The molecule has 84 valence electrons. The molecule has 1 aromatic heterocycles. The molecule has 0 aliphatic heterocycles. The van der Waals surface area contributed by atoms with Gasteiger partial charge in [-0.05, 0) is 43.1 Å². The van der Waals surface area contributed by atoms with Gasteiger partial charge in [0, 0.05) is 17.0 Å². The molecule has 0 fully saturated rings. The Kier molecular flexibility index (Phi) is 3.36. The van der Waals surface area contributed by atoms with E-state index in [9.17, 15) is 4.39 Å². The first kappa shape index (κ1) is 11.3. The number of hydrogen-bond acceptors (Lipinski definition) is 2. The number of halogens is 1. The molecule has 0 spiro atoms. The van der Waals surface area contributed by atoms with Crippen molar-refractivity contribution in [3.8, 4) is 11.1 Å². The molecule has 1 nitrogen and oxygen atoms in total. The van der Waals surface area contributed by atoms with Gasteiger partial charge in [-0.3, -0.25) is 0 Å². The first-order chi connectivity index (χ1) is 7.70.